The van der Waals surface area contributed by atoms with E-state index >= 15 is 0 Å². The Morgan fingerprint density at radius 3 is 1.02 bits per heavy atom. The second kappa shape index (κ2) is 40.9. The van der Waals surface area contributed by atoms with E-state index in [0.717, 1.165) is 73.8 Å². The van der Waals surface area contributed by atoms with E-state index in [1.807, 2.05) is 146 Å². The van der Waals surface area contributed by atoms with Crippen LogP contribution < -0.4 is 85.2 Å². The molecule has 8 heterocycles. The van der Waals surface area contributed by atoms with Crippen molar-refractivity contribution >= 4 is 70.5 Å². The Labute approximate surface area is 762 Å². The van der Waals surface area contributed by atoms with Crippen LogP contribution in [0, 0.1) is 47.4 Å². The van der Waals surface area contributed by atoms with Gasteiger partial charge in [0.25, 0.3) is 23.6 Å². The van der Waals surface area contributed by atoms with Crippen LogP contribution in [-0.4, -0.2) is 174 Å². The summed E-state index contributed by atoms with van der Waals surface area (Å²) in [7, 11) is 17.6. The van der Waals surface area contributed by atoms with Crippen molar-refractivity contribution in [3.8, 4) is 51.7 Å². The number of nitrogens with zero attached hydrogens (tertiary/aromatic N) is 8. The van der Waals surface area contributed by atoms with Gasteiger partial charge in [-0.3, -0.25) is 57.1 Å². The number of methoxy groups -OCH3 is 7. The summed E-state index contributed by atoms with van der Waals surface area (Å²) in [5, 5.41) is 41.1. The lowest BCUT2D eigenvalue weighted by Crippen LogP contribution is -2.50. The zero-order valence-corrected chi connectivity index (χ0v) is 76.8. The number of amides is 8. The number of rotatable bonds is 24. The lowest BCUT2D eigenvalue weighted by molar-refractivity contribution is -0.119. The van der Waals surface area contributed by atoms with Crippen molar-refractivity contribution in [2.24, 2.45) is 28.2 Å². The first-order chi connectivity index (χ1) is 63.4. The molecule has 34 heteroatoms. The zero-order valence-electron chi connectivity index (χ0n) is 76.8. The average molecular weight is 1800 g/mol. The third kappa shape index (κ3) is 19.7. The summed E-state index contributed by atoms with van der Waals surface area (Å²) in [6, 6.07) is 45.9. The largest absolute Gasteiger partial charge is 0.497 e. The molecule has 4 aliphatic rings. The van der Waals surface area contributed by atoms with Gasteiger partial charge in [0.15, 0.2) is 46.1 Å². The van der Waals surface area contributed by atoms with Crippen LogP contribution in [0.25, 0.3) is 0 Å². The highest BCUT2D eigenvalue weighted by Crippen LogP contribution is 2.46. The Bertz CT molecular complexity index is 6380. The number of hydrogen-bond acceptors (Lipinski definition) is 21. The number of fused-ring (bicyclic) bond motifs is 4. The molecule has 8 atom stereocenters. The number of carbonyl (C=O) groups is 8. The summed E-state index contributed by atoms with van der Waals surface area (Å²) in [5.41, 5.74) is 13.0. The average Bonchev–Trinajstić information content (AvgIpc) is 1.58. The molecule has 132 heavy (non-hydrogen) atoms. The molecule has 0 unspecified atom stereocenters. The molecule has 0 saturated carbocycles. The van der Waals surface area contributed by atoms with Crippen molar-refractivity contribution in [3.05, 3.63) is 276 Å². The van der Waals surface area contributed by atoms with E-state index in [0.29, 0.717) is 110 Å². The number of carbonyl (C=O) groups excluding carboxylic acids is 8. The Kier molecular flexibility index (Phi) is 29.1. The van der Waals surface area contributed by atoms with Crippen molar-refractivity contribution < 1.29 is 85.4 Å². The summed E-state index contributed by atoms with van der Waals surface area (Å²) in [4.78, 5) is 105. The van der Waals surface area contributed by atoms with Crippen LogP contribution in [0.15, 0.2) is 170 Å². The van der Waals surface area contributed by atoms with Crippen LogP contribution in [0.4, 0.5) is 27.7 Å². The van der Waals surface area contributed by atoms with Gasteiger partial charge in [0.05, 0.1) is 85.8 Å². The van der Waals surface area contributed by atoms with Crippen LogP contribution in [0.1, 0.15) is 164 Å². The zero-order chi connectivity index (χ0) is 94.8. The predicted octanol–water partition coefficient (Wildman–Crippen LogP) is 12.4. The van der Waals surface area contributed by atoms with Crippen molar-refractivity contribution in [2.75, 3.05) is 84.2 Å². The van der Waals surface area contributed by atoms with Crippen molar-refractivity contribution in [2.45, 2.75) is 110 Å². The number of anilines is 4. The van der Waals surface area contributed by atoms with Crippen LogP contribution in [-0.2, 0) is 47.4 Å². The van der Waals surface area contributed by atoms with E-state index in [1.54, 1.807) is 123 Å². The second-order valence-corrected chi connectivity index (χ2v) is 31.9. The Morgan fingerprint density at radius 2 is 0.667 bits per heavy atom. The number of halogens is 1. The molecular weight excluding hydrogens is 1690 g/mol. The number of nitrogens with one attached hydrogen (secondary N) is 8. The predicted molar refractivity (Wildman–Crippen MR) is 492 cm³/mol. The van der Waals surface area contributed by atoms with Gasteiger partial charge in [-0.15, -0.1) is 0 Å². The van der Waals surface area contributed by atoms with E-state index in [2.05, 4.69) is 62.9 Å². The highest BCUT2D eigenvalue weighted by Gasteiger charge is 2.47. The molecule has 4 aromatic heterocycles. The van der Waals surface area contributed by atoms with Gasteiger partial charge in [-0.25, -0.2) is 4.39 Å². The molecule has 0 fully saturated rings. The van der Waals surface area contributed by atoms with E-state index in [1.165, 1.54) is 53.7 Å². The maximum absolute atomic E-state index is 14.6. The summed E-state index contributed by atoms with van der Waals surface area (Å²) >= 11 is 0. The molecule has 0 bridgehead atoms. The number of benzene rings is 8. The lowest BCUT2D eigenvalue weighted by atomic mass is 9.81. The quantitative estimate of drug-likeness (QED) is 0.0278. The van der Waals surface area contributed by atoms with Gasteiger partial charge in [-0.05, 0) is 186 Å². The smallest absolute Gasteiger partial charge is 0.252 e. The maximum Gasteiger partial charge on any atom is 0.252 e. The normalized spacial score (nSPS) is 17.2. The number of hydrogen-bond donors (Lipinski definition) is 8. The lowest BCUT2D eigenvalue weighted by Gasteiger charge is -2.33. The number of ether oxygens (including phenoxy) is 9. The van der Waals surface area contributed by atoms with Crippen LogP contribution in [0.3, 0.4) is 0 Å². The van der Waals surface area contributed by atoms with Crippen LogP contribution in [0.2, 0.25) is 0 Å². The monoisotopic (exact) mass is 1800 g/mol. The van der Waals surface area contributed by atoms with E-state index in [-0.39, 0.29) is 46.8 Å². The first kappa shape index (κ1) is 94.1. The number of aryl methyl sites for hydroxylation is 10. The summed E-state index contributed by atoms with van der Waals surface area (Å²) in [5.74, 6) is 1.51. The molecule has 0 radical (unpaired) electrons. The van der Waals surface area contributed by atoms with E-state index in [9.17, 15) is 42.7 Å². The number of aromatic nitrogens is 8. The van der Waals surface area contributed by atoms with E-state index < -0.39 is 65.5 Å². The van der Waals surface area contributed by atoms with E-state index in [4.69, 9.17) is 42.6 Å². The fourth-order valence-corrected chi connectivity index (χ4v) is 17.1. The molecule has 688 valence electrons. The Hall–Kier alpha value is -15.5. The minimum absolute atomic E-state index is 0.0815. The fraction of sp³-hybridized carbons (Fsp3) is 0.306. The van der Waals surface area contributed by atoms with Crippen LogP contribution in [0.5, 0.6) is 51.7 Å². The minimum atomic E-state index is -1.02. The third-order valence-corrected chi connectivity index (χ3v) is 23.3. The third-order valence-electron chi connectivity index (χ3n) is 23.3. The molecule has 16 rings (SSSR count). The Balaban J connectivity index is 0.000000150. The molecule has 8 N–H and O–H groups in total. The van der Waals surface area contributed by atoms with Gasteiger partial charge in [0.1, 0.15) is 58.9 Å². The summed E-state index contributed by atoms with van der Waals surface area (Å²) in [6.07, 6.45) is 0.874. The first-order valence-corrected chi connectivity index (χ1v) is 42.6. The molecule has 33 nitrogen and oxygen atoms in total. The second-order valence-electron chi connectivity index (χ2n) is 31.9. The standard InChI is InChI=1S/C26H30N4O4.C24H25FN4O5.C24H26N4O5.C24H26N4O3/c1-6-12-34-19-11-10-17(14-20(19)33-5)22-21-16(3)29-30(4)24(21)28-26(32)23(22)27-25(31)18-9-7-8-15(2)13-18;1-12-19-20(13-6-8-16(32-3)15(25)10-13)21(24(31)27-22(19)29(2)28-12)26-23(30)14-7-9-17(33-4)18(11-14)34-5;1-13-19-20(14-7-6-8-16(11-14)31-3)21(24(30)26-22(19)28(2)27-13)25-23(29)15-9-10-17(32-4)18(12-15)33-5;1-5-31-18-11-9-16(10-12-18)20-19-15(3)27-28(4)22(19)26-24(30)21(20)25-23(29)17-8-6-7-14(2)13-17/h7-11,13-14,22-23H,6,12H2,1-5H3,(H,27,31)(H,28,32);6-11,20-21H,1-5H3,(H,26,30)(H,27,31);6-12,20-21H,1-5H3,(H,25,29)(H,26,30);6-13,20-21H,5H2,1-4H3,(H,25,29)(H,26,30)/t22-,23-;3*20-,21-/m1111/s1. The Morgan fingerprint density at radius 1 is 0.341 bits per heavy atom. The maximum atomic E-state index is 14.6. The molecule has 4 aliphatic heterocycles. The minimum Gasteiger partial charge on any atom is -0.497 e. The fourth-order valence-electron chi connectivity index (χ4n) is 17.1. The molecule has 0 aliphatic carbocycles. The van der Waals surface area contributed by atoms with Gasteiger partial charge in [-0.1, -0.05) is 78.7 Å². The van der Waals surface area contributed by atoms with Gasteiger partial charge in [-0.2, -0.15) is 20.4 Å². The highest BCUT2D eigenvalue weighted by molar-refractivity contribution is 6.08. The molecule has 8 amide bonds. The molecule has 8 aromatic carbocycles. The highest BCUT2D eigenvalue weighted by atomic mass is 19.1. The van der Waals surface area contributed by atoms with Gasteiger partial charge >= 0.3 is 0 Å². The van der Waals surface area contributed by atoms with Crippen molar-refractivity contribution in [1.82, 2.24) is 60.4 Å². The van der Waals surface area contributed by atoms with Crippen molar-refractivity contribution in [3.63, 3.8) is 0 Å². The van der Waals surface area contributed by atoms with Crippen LogP contribution >= 0.6 is 0 Å². The molecule has 12 aromatic rings. The molecule has 0 saturated heterocycles. The first-order valence-electron chi connectivity index (χ1n) is 42.6. The topological polar surface area (TPSA) is 387 Å². The van der Waals surface area contributed by atoms with Crippen molar-refractivity contribution in [1.29, 1.82) is 0 Å². The SMILES string of the molecule is CCCOc1ccc([C@@H]2c3c(C)nn(C)c3NC(=O)[C@@H]2NC(=O)c2cccc(C)c2)cc1OC.CCOc1ccc([C@@H]2c3c(C)nn(C)c3NC(=O)[C@@H]2NC(=O)c2cccc(C)c2)cc1.COc1ccc([C@@H]2c3c(C)nn(C)c3NC(=O)[C@@H]2NC(=O)c2ccc(OC)c(OC)c2)cc1F.COc1cccc([C@@H]2c3c(C)nn(C)c3NC(=O)[C@@H]2NC(=O)c2ccc(OC)c(OC)c2)c1. The van der Waals surface area contributed by atoms with Gasteiger partial charge in [0, 0.05) is 96.4 Å². The van der Waals surface area contributed by atoms with Gasteiger partial charge < -0.3 is 85.2 Å². The summed E-state index contributed by atoms with van der Waals surface area (Å²) in [6.45, 7) is 16.5. The summed E-state index contributed by atoms with van der Waals surface area (Å²) < 4.78 is 69.6. The van der Waals surface area contributed by atoms with Gasteiger partial charge in [0.2, 0.25) is 23.6 Å². The molecule has 0 spiro atoms. The molecular formula is C98H107FN16O17.